The van der Waals surface area contributed by atoms with Gasteiger partial charge in [0.1, 0.15) is 0 Å². The summed E-state index contributed by atoms with van der Waals surface area (Å²) in [7, 11) is 0. The summed E-state index contributed by atoms with van der Waals surface area (Å²) in [5, 5.41) is 14.5. The van der Waals surface area contributed by atoms with Crippen LogP contribution in [0, 0.1) is 0 Å². The number of carbonyl (C=O) groups is 1. The number of hydrogen-bond acceptors (Lipinski definition) is 5. The number of carbonyl (C=O) groups excluding carboxylic acids is 1. The van der Waals surface area contributed by atoms with Crippen LogP contribution in [0.15, 0.2) is 52.4 Å². The Kier molecular flexibility index (Phi) is 6.56. The van der Waals surface area contributed by atoms with Crippen LogP contribution in [0.3, 0.4) is 0 Å². The van der Waals surface area contributed by atoms with Gasteiger partial charge in [0.2, 0.25) is 0 Å². The van der Waals surface area contributed by atoms with E-state index in [0.29, 0.717) is 31.4 Å². The monoisotopic (exact) mass is 424 g/mol. The SMILES string of the molecule is CCC[NH+](CC(=O)NCCc1c[nH]c2ccccc12)Cc1nnc(-c2cccs2)o1. The van der Waals surface area contributed by atoms with Crippen molar-refractivity contribution < 1.29 is 14.1 Å². The Morgan fingerprint density at radius 2 is 2.13 bits per heavy atom. The predicted molar refractivity (Wildman–Crippen MR) is 117 cm³/mol. The van der Waals surface area contributed by atoms with Gasteiger partial charge in [-0.3, -0.25) is 4.79 Å². The minimum Gasteiger partial charge on any atom is -0.414 e. The lowest BCUT2D eigenvalue weighted by Gasteiger charge is -2.16. The number of aromatic amines is 1. The molecule has 3 aromatic heterocycles. The number of para-hydroxylation sites is 1. The van der Waals surface area contributed by atoms with Crippen molar-refractivity contribution in [3.63, 3.8) is 0 Å². The summed E-state index contributed by atoms with van der Waals surface area (Å²) >= 11 is 1.57. The van der Waals surface area contributed by atoms with E-state index in [9.17, 15) is 4.79 Å². The van der Waals surface area contributed by atoms with Crippen LogP contribution < -0.4 is 10.2 Å². The van der Waals surface area contributed by atoms with Gasteiger partial charge in [-0.15, -0.1) is 21.5 Å². The molecule has 4 rings (SSSR count). The average molecular weight is 425 g/mol. The number of nitrogens with one attached hydrogen (secondary N) is 3. The lowest BCUT2D eigenvalue weighted by molar-refractivity contribution is -0.907. The highest BCUT2D eigenvalue weighted by Gasteiger charge is 2.18. The Bertz CT molecular complexity index is 1090. The highest BCUT2D eigenvalue weighted by Crippen LogP contribution is 2.22. The third-order valence-corrected chi connectivity index (χ3v) is 5.86. The molecule has 0 spiro atoms. The molecule has 0 aliphatic rings. The van der Waals surface area contributed by atoms with Gasteiger partial charge in [-0.05, 0) is 35.9 Å². The highest BCUT2D eigenvalue weighted by molar-refractivity contribution is 7.13. The van der Waals surface area contributed by atoms with Crippen molar-refractivity contribution in [2.24, 2.45) is 0 Å². The highest BCUT2D eigenvalue weighted by atomic mass is 32.1. The summed E-state index contributed by atoms with van der Waals surface area (Å²) in [5.74, 6) is 1.14. The van der Waals surface area contributed by atoms with Crippen LogP contribution in [0.1, 0.15) is 24.8 Å². The van der Waals surface area contributed by atoms with Crippen molar-refractivity contribution in [3.8, 4) is 10.8 Å². The molecule has 8 heteroatoms. The van der Waals surface area contributed by atoms with Crippen molar-refractivity contribution in [1.29, 1.82) is 0 Å². The number of hydrogen-bond donors (Lipinski definition) is 3. The van der Waals surface area contributed by atoms with Gasteiger partial charge in [0.05, 0.1) is 11.4 Å². The van der Waals surface area contributed by atoms with Crippen molar-refractivity contribution in [2.75, 3.05) is 19.6 Å². The molecule has 1 amide bonds. The first-order valence-corrected chi connectivity index (χ1v) is 11.1. The van der Waals surface area contributed by atoms with Crippen LogP contribution in [0.5, 0.6) is 0 Å². The molecule has 0 saturated carbocycles. The third-order valence-electron chi connectivity index (χ3n) is 5.01. The van der Waals surface area contributed by atoms with E-state index in [1.807, 2.05) is 35.8 Å². The number of thiophene rings is 1. The molecule has 0 aliphatic heterocycles. The van der Waals surface area contributed by atoms with Gasteiger partial charge in [0, 0.05) is 23.6 Å². The maximum absolute atomic E-state index is 12.5. The second-order valence-corrected chi connectivity index (χ2v) is 8.24. The van der Waals surface area contributed by atoms with Crippen LogP contribution in [-0.2, 0) is 17.8 Å². The van der Waals surface area contributed by atoms with Crippen molar-refractivity contribution in [2.45, 2.75) is 26.3 Å². The Morgan fingerprint density at radius 1 is 1.23 bits per heavy atom. The number of benzene rings is 1. The number of nitrogens with zero attached hydrogens (tertiary/aromatic N) is 2. The first-order valence-electron chi connectivity index (χ1n) is 10.2. The van der Waals surface area contributed by atoms with Gasteiger partial charge < -0.3 is 19.6 Å². The lowest BCUT2D eigenvalue weighted by atomic mass is 10.1. The van der Waals surface area contributed by atoms with E-state index >= 15 is 0 Å². The summed E-state index contributed by atoms with van der Waals surface area (Å²) in [6, 6.07) is 12.1. The van der Waals surface area contributed by atoms with Gasteiger partial charge in [0.25, 0.3) is 17.7 Å². The molecule has 3 heterocycles. The Morgan fingerprint density at radius 3 is 2.97 bits per heavy atom. The number of quaternary nitrogens is 1. The van der Waals surface area contributed by atoms with Gasteiger partial charge >= 0.3 is 0 Å². The number of aromatic nitrogens is 3. The molecule has 0 fully saturated rings. The van der Waals surface area contributed by atoms with Crippen molar-refractivity contribution >= 4 is 28.1 Å². The molecular weight excluding hydrogens is 398 g/mol. The van der Waals surface area contributed by atoms with E-state index in [1.165, 1.54) is 10.9 Å². The smallest absolute Gasteiger partial charge is 0.275 e. The van der Waals surface area contributed by atoms with E-state index in [1.54, 1.807) is 11.3 Å². The summed E-state index contributed by atoms with van der Waals surface area (Å²) in [4.78, 5) is 17.8. The molecule has 0 aliphatic carbocycles. The summed E-state index contributed by atoms with van der Waals surface area (Å²) in [6.45, 7) is 4.52. The summed E-state index contributed by atoms with van der Waals surface area (Å²) < 4.78 is 5.79. The fourth-order valence-corrected chi connectivity index (χ4v) is 4.24. The number of H-pyrrole nitrogens is 1. The minimum atomic E-state index is 0.0382. The maximum atomic E-state index is 12.5. The molecule has 4 aromatic rings. The first kappa shape index (κ1) is 20.3. The van der Waals surface area contributed by atoms with E-state index in [4.69, 9.17) is 4.42 Å². The third kappa shape index (κ3) is 4.95. The molecule has 156 valence electrons. The molecule has 30 heavy (non-hydrogen) atoms. The van der Waals surface area contributed by atoms with Crippen molar-refractivity contribution in [1.82, 2.24) is 20.5 Å². The summed E-state index contributed by atoms with van der Waals surface area (Å²) in [6.07, 6.45) is 3.79. The van der Waals surface area contributed by atoms with Gasteiger partial charge in [-0.1, -0.05) is 31.2 Å². The fourth-order valence-electron chi connectivity index (χ4n) is 3.60. The first-order chi connectivity index (χ1) is 14.7. The van der Waals surface area contributed by atoms with Gasteiger partial charge in [-0.25, -0.2) is 0 Å². The van der Waals surface area contributed by atoms with Gasteiger partial charge in [0.15, 0.2) is 13.1 Å². The van der Waals surface area contributed by atoms with E-state index < -0.39 is 0 Å². The number of rotatable bonds is 10. The van der Waals surface area contributed by atoms with Crippen LogP contribution in [0.2, 0.25) is 0 Å². The zero-order valence-electron chi connectivity index (χ0n) is 17.0. The quantitative estimate of drug-likeness (QED) is 0.365. The van der Waals surface area contributed by atoms with Crippen LogP contribution >= 0.6 is 11.3 Å². The standard InChI is InChI=1S/C22H25N5O2S/c1-2-11-27(15-21-25-26-22(29-21)19-8-5-12-30-19)14-20(28)23-10-9-16-13-24-18-7-4-3-6-17(16)18/h3-8,12-13,24H,2,9-11,14-15H2,1H3,(H,23,28)/p+1. The fraction of sp³-hybridized carbons (Fsp3) is 0.318. The van der Waals surface area contributed by atoms with Crippen LogP contribution in [0.25, 0.3) is 21.7 Å². The molecule has 1 atom stereocenters. The topological polar surface area (TPSA) is 88.2 Å². The molecule has 3 N–H and O–H groups in total. The largest absolute Gasteiger partial charge is 0.414 e. The van der Waals surface area contributed by atoms with E-state index in [-0.39, 0.29) is 5.91 Å². The Labute approximate surface area is 179 Å². The van der Waals surface area contributed by atoms with Crippen molar-refractivity contribution in [3.05, 3.63) is 59.4 Å². The van der Waals surface area contributed by atoms with E-state index in [2.05, 4.69) is 39.6 Å². The average Bonchev–Trinajstić information content (AvgIpc) is 3.49. The zero-order chi connectivity index (χ0) is 20.8. The Hall–Kier alpha value is -2.97. The number of fused-ring (bicyclic) bond motifs is 1. The minimum absolute atomic E-state index is 0.0382. The second-order valence-electron chi connectivity index (χ2n) is 7.29. The summed E-state index contributed by atoms with van der Waals surface area (Å²) in [5.41, 5.74) is 2.34. The van der Waals surface area contributed by atoms with E-state index in [0.717, 1.165) is 34.7 Å². The maximum Gasteiger partial charge on any atom is 0.275 e. The number of amides is 1. The van der Waals surface area contributed by atoms with Crippen LogP contribution in [0.4, 0.5) is 0 Å². The normalized spacial score (nSPS) is 12.3. The lowest BCUT2D eigenvalue weighted by Crippen LogP contribution is -3.12. The van der Waals surface area contributed by atoms with Gasteiger partial charge in [-0.2, -0.15) is 0 Å². The zero-order valence-corrected chi connectivity index (χ0v) is 17.8. The molecule has 1 aromatic carbocycles. The predicted octanol–water partition coefficient (Wildman–Crippen LogP) is 2.43. The molecule has 0 bridgehead atoms. The molecule has 1 unspecified atom stereocenters. The van der Waals surface area contributed by atoms with Crippen LogP contribution in [-0.4, -0.2) is 40.7 Å². The molecule has 0 saturated heterocycles. The molecule has 0 radical (unpaired) electrons. The molecular formula is C22H26N5O2S+. The molecule has 7 nitrogen and oxygen atoms in total. The Balaban J connectivity index is 1.29. The second kappa shape index (κ2) is 9.69.